The topological polar surface area (TPSA) is 99.9 Å². The zero-order valence-corrected chi connectivity index (χ0v) is 16.9. The molecule has 29 heavy (non-hydrogen) atoms. The predicted octanol–water partition coefficient (Wildman–Crippen LogP) is 2.40. The van der Waals surface area contributed by atoms with Gasteiger partial charge in [0.05, 0.1) is 22.4 Å². The molecule has 2 aliphatic rings. The van der Waals surface area contributed by atoms with Crippen LogP contribution in [0.5, 0.6) is 0 Å². The van der Waals surface area contributed by atoms with Gasteiger partial charge in [0.15, 0.2) is 0 Å². The fourth-order valence-corrected chi connectivity index (χ4v) is 5.01. The maximum absolute atomic E-state index is 13.0. The van der Waals surface area contributed by atoms with Crippen molar-refractivity contribution in [2.24, 2.45) is 5.73 Å². The molecular weight excluding hydrogens is 384 g/mol. The third kappa shape index (κ3) is 3.18. The van der Waals surface area contributed by atoms with Crippen LogP contribution in [0, 0.1) is 6.92 Å². The number of thioether (sulfide) groups is 1. The third-order valence-corrected chi connectivity index (χ3v) is 6.60. The molecule has 1 amide bonds. The summed E-state index contributed by atoms with van der Waals surface area (Å²) in [5.74, 6) is 1.55. The zero-order chi connectivity index (χ0) is 20.0. The van der Waals surface area contributed by atoms with Crippen molar-refractivity contribution in [1.82, 2.24) is 20.3 Å². The molecule has 4 N–H and O–H groups in total. The van der Waals surface area contributed by atoms with Gasteiger partial charge in [0.1, 0.15) is 17.8 Å². The van der Waals surface area contributed by atoms with Gasteiger partial charge in [0, 0.05) is 24.7 Å². The number of carbonyl (C=O) groups is 1. The highest BCUT2D eigenvalue weighted by Gasteiger charge is 2.32. The Balaban J connectivity index is 1.38. The molecular formula is C21H22N6OS. The van der Waals surface area contributed by atoms with Crippen LogP contribution in [0.4, 0.5) is 5.82 Å². The Morgan fingerprint density at radius 2 is 2.21 bits per heavy atom. The summed E-state index contributed by atoms with van der Waals surface area (Å²) < 4.78 is 0. The van der Waals surface area contributed by atoms with Gasteiger partial charge in [-0.3, -0.25) is 4.79 Å². The molecule has 0 radical (unpaired) electrons. The lowest BCUT2D eigenvalue weighted by atomic mass is 10.1. The largest absolute Gasteiger partial charge is 0.347 e. The van der Waals surface area contributed by atoms with Gasteiger partial charge in [-0.25, -0.2) is 9.97 Å². The molecule has 0 saturated carbocycles. The fourth-order valence-electron chi connectivity index (χ4n) is 4.11. The lowest BCUT2D eigenvalue weighted by Crippen LogP contribution is -2.42. The minimum atomic E-state index is -0.176. The number of fused-ring (bicyclic) bond motifs is 2. The third-order valence-electron chi connectivity index (χ3n) is 5.61. The van der Waals surface area contributed by atoms with Gasteiger partial charge < -0.3 is 20.9 Å². The minimum Gasteiger partial charge on any atom is -0.347 e. The van der Waals surface area contributed by atoms with Crippen molar-refractivity contribution in [3.05, 3.63) is 64.6 Å². The van der Waals surface area contributed by atoms with E-state index in [-0.39, 0.29) is 18.0 Å². The molecule has 0 saturated heterocycles. The summed E-state index contributed by atoms with van der Waals surface area (Å²) in [6, 6.07) is 7.86. The second kappa shape index (κ2) is 7.20. The Hall–Kier alpha value is -2.84. The van der Waals surface area contributed by atoms with E-state index in [9.17, 15) is 4.79 Å². The highest BCUT2D eigenvalue weighted by Crippen LogP contribution is 2.32. The first-order valence-electron chi connectivity index (χ1n) is 9.66. The summed E-state index contributed by atoms with van der Waals surface area (Å²) in [7, 11) is 0. The zero-order valence-electron chi connectivity index (χ0n) is 16.1. The molecule has 5 rings (SSSR count). The van der Waals surface area contributed by atoms with Gasteiger partial charge in [-0.15, -0.1) is 11.8 Å². The Morgan fingerprint density at radius 3 is 3.07 bits per heavy atom. The summed E-state index contributed by atoms with van der Waals surface area (Å²) in [4.78, 5) is 27.7. The number of amides is 1. The average Bonchev–Trinajstić information content (AvgIpc) is 3.28. The van der Waals surface area contributed by atoms with Gasteiger partial charge in [0.25, 0.3) is 5.91 Å². The second-order valence-corrected chi connectivity index (χ2v) is 8.57. The number of hydrogen-bond acceptors (Lipinski definition) is 6. The molecule has 3 heterocycles. The van der Waals surface area contributed by atoms with E-state index in [1.807, 2.05) is 42.4 Å². The highest BCUT2D eigenvalue weighted by atomic mass is 32.2. The van der Waals surface area contributed by atoms with Crippen LogP contribution in [0.2, 0.25) is 0 Å². The molecule has 8 heteroatoms. The van der Waals surface area contributed by atoms with E-state index in [1.165, 1.54) is 5.56 Å². The molecule has 2 atom stereocenters. The lowest BCUT2D eigenvalue weighted by Gasteiger charge is -2.26. The number of H-pyrrole nitrogens is 1. The van der Waals surface area contributed by atoms with Gasteiger partial charge >= 0.3 is 0 Å². The normalized spacial score (nSPS) is 21.2. The predicted molar refractivity (Wildman–Crippen MR) is 116 cm³/mol. The summed E-state index contributed by atoms with van der Waals surface area (Å²) >= 11 is 1.57. The van der Waals surface area contributed by atoms with E-state index in [0.29, 0.717) is 4.91 Å². The Morgan fingerprint density at radius 1 is 1.34 bits per heavy atom. The molecule has 0 spiro atoms. The molecule has 0 bridgehead atoms. The number of nitrogens with one attached hydrogen (secondary N) is 2. The summed E-state index contributed by atoms with van der Waals surface area (Å²) in [5.41, 5.74) is 10.6. The summed E-state index contributed by atoms with van der Waals surface area (Å²) in [6.07, 6.45) is 6.14. The SMILES string of the molecule is Cc1c[nH]c2ncnc(N3C=C(C(=O)N[C@H]4Cc5ccccc5[C@@H]4N)SCC3)c12. The molecule has 3 aromatic rings. The van der Waals surface area contributed by atoms with Crippen molar-refractivity contribution >= 4 is 34.5 Å². The van der Waals surface area contributed by atoms with Gasteiger partial charge in [0.2, 0.25) is 0 Å². The Kier molecular flexibility index (Phi) is 4.52. The van der Waals surface area contributed by atoms with Crippen molar-refractivity contribution < 1.29 is 4.79 Å². The molecule has 0 unspecified atom stereocenters. The molecule has 0 fully saturated rings. The fraction of sp³-hybridized carbons (Fsp3) is 0.286. The number of hydrogen-bond donors (Lipinski definition) is 3. The maximum Gasteiger partial charge on any atom is 0.259 e. The number of rotatable bonds is 3. The Bertz CT molecular complexity index is 1120. The van der Waals surface area contributed by atoms with E-state index >= 15 is 0 Å². The molecule has 1 aromatic carbocycles. The number of anilines is 1. The minimum absolute atomic E-state index is 0.0796. The first-order valence-corrected chi connectivity index (χ1v) is 10.6. The van der Waals surface area contributed by atoms with E-state index < -0.39 is 0 Å². The quantitative estimate of drug-likeness (QED) is 0.618. The molecule has 2 aromatic heterocycles. The number of aromatic amines is 1. The van der Waals surface area contributed by atoms with Crippen LogP contribution >= 0.6 is 11.8 Å². The molecule has 1 aliphatic carbocycles. The highest BCUT2D eigenvalue weighted by molar-refractivity contribution is 8.04. The first-order chi connectivity index (χ1) is 14.1. The number of nitrogens with zero attached hydrogens (tertiary/aromatic N) is 3. The van der Waals surface area contributed by atoms with E-state index in [1.54, 1.807) is 18.1 Å². The monoisotopic (exact) mass is 406 g/mol. The van der Waals surface area contributed by atoms with Crippen LogP contribution in [-0.2, 0) is 11.2 Å². The summed E-state index contributed by atoms with van der Waals surface area (Å²) in [6.45, 7) is 2.81. The van der Waals surface area contributed by atoms with Crippen molar-refractivity contribution in [3.8, 4) is 0 Å². The van der Waals surface area contributed by atoms with Crippen LogP contribution in [-0.4, -0.2) is 39.2 Å². The number of benzene rings is 1. The van der Waals surface area contributed by atoms with Crippen molar-refractivity contribution in [2.75, 3.05) is 17.2 Å². The van der Waals surface area contributed by atoms with Crippen LogP contribution < -0.4 is 16.0 Å². The lowest BCUT2D eigenvalue weighted by molar-refractivity contribution is -0.117. The maximum atomic E-state index is 13.0. The van der Waals surface area contributed by atoms with Crippen LogP contribution in [0.25, 0.3) is 11.0 Å². The van der Waals surface area contributed by atoms with Gasteiger partial charge in [-0.2, -0.15) is 0 Å². The molecule has 1 aliphatic heterocycles. The van der Waals surface area contributed by atoms with E-state index in [0.717, 1.165) is 46.7 Å². The summed E-state index contributed by atoms with van der Waals surface area (Å²) in [5, 5.41) is 4.13. The second-order valence-electron chi connectivity index (χ2n) is 7.44. The van der Waals surface area contributed by atoms with Crippen molar-refractivity contribution in [1.29, 1.82) is 0 Å². The van der Waals surface area contributed by atoms with Crippen LogP contribution in [0.1, 0.15) is 22.7 Å². The van der Waals surface area contributed by atoms with Crippen molar-refractivity contribution in [3.63, 3.8) is 0 Å². The molecule has 7 nitrogen and oxygen atoms in total. The van der Waals surface area contributed by atoms with E-state index in [2.05, 4.69) is 26.3 Å². The van der Waals surface area contributed by atoms with Gasteiger partial charge in [-0.1, -0.05) is 24.3 Å². The van der Waals surface area contributed by atoms with Gasteiger partial charge in [-0.05, 0) is 30.0 Å². The average molecular weight is 407 g/mol. The van der Waals surface area contributed by atoms with E-state index in [4.69, 9.17) is 5.73 Å². The van der Waals surface area contributed by atoms with Crippen LogP contribution in [0.3, 0.4) is 0 Å². The smallest absolute Gasteiger partial charge is 0.259 e. The number of nitrogens with two attached hydrogens (primary N) is 1. The number of aromatic nitrogens is 3. The number of carbonyl (C=O) groups excluding carboxylic acids is 1. The molecule has 148 valence electrons. The first kappa shape index (κ1) is 18.2. The standard InChI is InChI=1S/C21H22N6OS/c1-12-9-23-19-17(12)20(25-11-24-19)27-6-7-29-16(10-27)21(28)26-15-8-13-4-2-3-5-14(13)18(15)22/h2-5,9-11,15,18H,6-8,22H2,1H3,(H,26,28)(H,23,24,25)/t15-,18-/m0/s1. The van der Waals surface area contributed by atoms with Crippen LogP contribution in [0.15, 0.2) is 47.9 Å². The Labute approximate surface area is 172 Å². The number of aryl methyl sites for hydroxylation is 1. The van der Waals surface area contributed by atoms with Crippen molar-refractivity contribution in [2.45, 2.75) is 25.4 Å².